The van der Waals surface area contributed by atoms with Crippen LogP contribution in [0.4, 0.5) is 5.69 Å². The SMILES string of the molecule is COc1ccc(N=Cc2c(O)[nH]c3ccc(C(=O)c4cccc(C(N)=O)c4)cc23)cc1O. The number of ketones is 1. The smallest absolute Gasteiger partial charge is 0.248 e. The summed E-state index contributed by atoms with van der Waals surface area (Å²) < 4.78 is 5.02. The van der Waals surface area contributed by atoms with Crippen molar-refractivity contribution in [2.24, 2.45) is 10.7 Å². The molecule has 1 heterocycles. The molecule has 32 heavy (non-hydrogen) atoms. The number of amides is 1. The molecule has 0 aliphatic carbocycles. The van der Waals surface area contributed by atoms with Crippen LogP contribution in [-0.4, -0.2) is 40.2 Å². The van der Waals surface area contributed by atoms with Crippen LogP contribution in [0.25, 0.3) is 10.9 Å². The molecule has 4 aromatic rings. The van der Waals surface area contributed by atoms with E-state index in [-0.39, 0.29) is 23.0 Å². The van der Waals surface area contributed by atoms with Crippen LogP contribution in [0.5, 0.6) is 17.4 Å². The fourth-order valence-corrected chi connectivity index (χ4v) is 3.35. The number of carbonyl (C=O) groups excluding carboxylic acids is 2. The van der Waals surface area contributed by atoms with Gasteiger partial charge in [-0.15, -0.1) is 0 Å². The third-order valence-corrected chi connectivity index (χ3v) is 4.99. The number of benzene rings is 3. The average Bonchev–Trinajstić information content (AvgIpc) is 3.11. The summed E-state index contributed by atoms with van der Waals surface area (Å²) in [7, 11) is 1.45. The summed E-state index contributed by atoms with van der Waals surface area (Å²) in [6.45, 7) is 0. The number of aliphatic imine (C=N–C) groups is 1. The van der Waals surface area contributed by atoms with Gasteiger partial charge >= 0.3 is 0 Å². The largest absolute Gasteiger partial charge is 0.504 e. The highest BCUT2D eigenvalue weighted by atomic mass is 16.5. The number of nitrogens with one attached hydrogen (secondary N) is 1. The van der Waals surface area contributed by atoms with Crippen molar-refractivity contribution < 1.29 is 24.5 Å². The van der Waals surface area contributed by atoms with Gasteiger partial charge in [0.2, 0.25) is 5.91 Å². The molecule has 0 saturated heterocycles. The highest BCUT2D eigenvalue weighted by Gasteiger charge is 2.15. The van der Waals surface area contributed by atoms with E-state index in [1.807, 2.05) is 0 Å². The van der Waals surface area contributed by atoms with Crippen molar-refractivity contribution in [1.82, 2.24) is 4.98 Å². The van der Waals surface area contributed by atoms with E-state index < -0.39 is 5.91 Å². The first-order valence-corrected chi connectivity index (χ1v) is 9.57. The highest BCUT2D eigenvalue weighted by molar-refractivity contribution is 6.13. The highest BCUT2D eigenvalue weighted by Crippen LogP contribution is 2.31. The lowest BCUT2D eigenvalue weighted by molar-refractivity contribution is 0.1000. The van der Waals surface area contributed by atoms with Gasteiger partial charge in [-0.3, -0.25) is 14.6 Å². The van der Waals surface area contributed by atoms with Crippen LogP contribution >= 0.6 is 0 Å². The van der Waals surface area contributed by atoms with Gasteiger partial charge in [0.05, 0.1) is 18.4 Å². The fourth-order valence-electron chi connectivity index (χ4n) is 3.35. The van der Waals surface area contributed by atoms with Crippen molar-refractivity contribution in [3.05, 3.63) is 82.9 Å². The first kappa shape index (κ1) is 20.7. The molecule has 0 aliphatic rings. The number of aromatic hydroxyl groups is 2. The Bertz CT molecular complexity index is 1390. The summed E-state index contributed by atoms with van der Waals surface area (Å²) in [6.07, 6.45) is 1.44. The van der Waals surface area contributed by atoms with Crippen molar-refractivity contribution in [3.63, 3.8) is 0 Å². The number of nitrogens with two attached hydrogens (primary N) is 1. The second-order valence-corrected chi connectivity index (χ2v) is 7.04. The molecule has 0 fully saturated rings. The zero-order valence-corrected chi connectivity index (χ0v) is 17.0. The molecule has 0 saturated carbocycles. The molecular formula is C24H19N3O5. The molecule has 0 unspecified atom stereocenters. The van der Waals surface area contributed by atoms with Crippen LogP contribution in [0.15, 0.2) is 65.7 Å². The molecule has 0 atom stereocenters. The number of rotatable bonds is 6. The van der Waals surface area contributed by atoms with Crippen LogP contribution in [0.1, 0.15) is 31.8 Å². The lowest BCUT2D eigenvalue weighted by Gasteiger charge is -2.04. The number of phenols is 1. The molecule has 1 aromatic heterocycles. The molecular weight excluding hydrogens is 410 g/mol. The van der Waals surface area contributed by atoms with Gasteiger partial charge in [0.25, 0.3) is 0 Å². The van der Waals surface area contributed by atoms with Crippen LogP contribution in [0.3, 0.4) is 0 Å². The van der Waals surface area contributed by atoms with Crippen molar-refractivity contribution in [2.45, 2.75) is 0 Å². The maximum atomic E-state index is 13.0. The number of hydrogen-bond donors (Lipinski definition) is 4. The van der Waals surface area contributed by atoms with E-state index in [0.717, 1.165) is 0 Å². The Hall–Kier alpha value is -4.59. The standard InChI is InChI=1S/C24H19N3O5/c1-32-21-8-6-16(11-20(21)28)26-12-18-17-10-14(5-7-19(17)27-24(18)31)22(29)13-3-2-4-15(9-13)23(25)30/h2-12,27-28,31H,1H3,(H2,25,30). The van der Waals surface area contributed by atoms with Crippen LogP contribution in [0, 0.1) is 0 Å². The van der Waals surface area contributed by atoms with Crippen molar-refractivity contribution in [3.8, 4) is 17.4 Å². The number of hydrogen-bond acceptors (Lipinski definition) is 6. The van der Waals surface area contributed by atoms with E-state index in [4.69, 9.17) is 10.5 Å². The normalized spacial score (nSPS) is 11.2. The first-order chi connectivity index (χ1) is 15.4. The average molecular weight is 429 g/mol. The number of aromatic amines is 1. The zero-order chi connectivity index (χ0) is 22.8. The molecule has 0 spiro atoms. The number of methoxy groups -OCH3 is 1. The van der Waals surface area contributed by atoms with Gasteiger partial charge in [-0.05, 0) is 42.5 Å². The number of fused-ring (bicyclic) bond motifs is 1. The first-order valence-electron chi connectivity index (χ1n) is 9.57. The summed E-state index contributed by atoms with van der Waals surface area (Å²) in [4.78, 5) is 31.5. The van der Waals surface area contributed by atoms with Crippen LogP contribution in [0.2, 0.25) is 0 Å². The zero-order valence-electron chi connectivity index (χ0n) is 17.0. The predicted octanol–water partition coefficient (Wildman–Crippen LogP) is 3.67. The Labute approximate surface area is 182 Å². The summed E-state index contributed by atoms with van der Waals surface area (Å²) in [5, 5.41) is 20.8. The molecule has 8 heteroatoms. The Morgan fingerprint density at radius 2 is 1.75 bits per heavy atom. The third-order valence-electron chi connectivity index (χ3n) is 4.99. The molecule has 3 aromatic carbocycles. The molecule has 1 amide bonds. The quantitative estimate of drug-likeness (QED) is 0.274. The predicted molar refractivity (Wildman–Crippen MR) is 120 cm³/mol. The minimum absolute atomic E-state index is 0.0589. The number of ether oxygens (including phenoxy) is 1. The van der Waals surface area contributed by atoms with Gasteiger partial charge in [0.15, 0.2) is 23.2 Å². The van der Waals surface area contributed by atoms with Gasteiger partial charge in [0, 0.05) is 39.9 Å². The van der Waals surface area contributed by atoms with Crippen molar-refractivity contribution in [2.75, 3.05) is 7.11 Å². The number of phenolic OH excluding ortho intramolecular Hbond substituents is 1. The Morgan fingerprint density at radius 3 is 2.47 bits per heavy atom. The molecule has 4 rings (SSSR count). The van der Waals surface area contributed by atoms with Gasteiger partial charge in [0.1, 0.15) is 0 Å². The number of aromatic nitrogens is 1. The molecule has 8 nitrogen and oxygen atoms in total. The summed E-state index contributed by atoms with van der Waals surface area (Å²) >= 11 is 0. The number of primary amides is 1. The van der Waals surface area contributed by atoms with E-state index in [1.165, 1.54) is 31.5 Å². The Morgan fingerprint density at radius 1 is 1.00 bits per heavy atom. The van der Waals surface area contributed by atoms with E-state index in [1.54, 1.807) is 42.5 Å². The summed E-state index contributed by atoms with van der Waals surface area (Å²) in [5.74, 6) is -0.756. The van der Waals surface area contributed by atoms with E-state index in [9.17, 15) is 19.8 Å². The Balaban J connectivity index is 1.71. The van der Waals surface area contributed by atoms with E-state index >= 15 is 0 Å². The second-order valence-electron chi connectivity index (χ2n) is 7.04. The van der Waals surface area contributed by atoms with Gasteiger partial charge in [-0.25, -0.2) is 0 Å². The molecule has 0 aliphatic heterocycles. The lowest BCUT2D eigenvalue weighted by Crippen LogP contribution is -2.12. The van der Waals surface area contributed by atoms with Gasteiger partial charge in [-0.1, -0.05) is 12.1 Å². The number of H-pyrrole nitrogens is 1. The van der Waals surface area contributed by atoms with Crippen molar-refractivity contribution in [1.29, 1.82) is 0 Å². The number of carbonyl (C=O) groups is 2. The maximum absolute atomic E-state index is 13.0. The topological polar surface area (TPSA) is 138 Å². The van der Waals surface area contributed by atoms with Crippen LogP contribution < -0.4 is 10.5 Å². The van der Waals surface area contributed by atoms with Gasteiger partial charge in [-0.2, -0.15) is 0 Å². The van der Waals surface area contributed by atoms with E-state index in [2.05, 4.69) is 9.98 Å². The molecule has 0 radical (unpaired) electrons. The second kappa shape index (κ2) is 8.27. The molecule has 160 valence electrons. The summed E-state index contributed by atoms with van der Waals surface area (Å²) in [6, 6.07) is 15.8. The summed E-state index contributed by atoms with van der Waals surface area (Å²) in [5.41, 5.74) is 7.69. The monoisotopic (exact) mass is 429 g/mol. The number of nitrogens with zero attached hydrogens (tertiary/aromatic N) is 1. The minimum Gasteiger partial charge on any atom is -0.504 e. The molecule has 5 N–H and O–H groups in total. The lowest BCUT2D eigenvalue weighted by atomic mass is 9.99. The van der Waals surface area contributed by atoms with Gasteiger partial charge < -0.3 is 25.7 Å². The van der Waals surface area contributed by atoms with E-state index in [0.29, 0.717) is 39.0 Å². The third kappa shape index (κ3) is 3.89. The fraction of sp³-hybridized carbons (Fsp3) is 0.0417. The van der Waals surface area contributed by atoms with Crippen LogP contribution in [-0.2, 0) is 0 Å². The molecule has 0 bridgehead atoms. The Kier molecular flexibility index (Phi) is 5.34. The maximum Gasteiger partial charge on any atom is 0.248 e. The van der Waals surface area contributed by atoms with Crippen molar-refractivity contribution >= 4 is 34.5 Å². The minimum atomic E-state index is -0.617.